The Labute approximate surface area is 162 Å². The van der Waals surface area contributed by atoms with E-state index in [0.29, 0.717) is 11.1 Å². The fraction of sp³-hybridized carbons (Fsp3) is 0.364. The first-order chi connectivity index (χ1) is 13.1. The number of carbonyl (C=O) groups excluding carboxylic acids is 1. The van der Waals surface area contributed by atoms with Gasteiger partial charge in [-0.05, 0) is 42.7 Å². The van der Waals surface area contributed by atoms with Gasteiger partial charge in [0.2, 0.25) is 0 Å². The Kier molecular flexibility index (Phi) is 5.24. The maximum Gasteiger partial charge on any atom is 0.313 e. The molecule has 1 fully saturated rings. The van der Waals surface area contributed by atoms with E-state index >= 15 is 0 Å². The molecular weight excluding hydrogens is 364 g/mol. The monoisotopic (exact) mass is 387 g/mol. The predicted molar refractivity (Wildman–Crippen MR) is 103 cm³/mol. The Bertz CT molecular complexity index is 864. The molecule has 0 radical (unpaired) electrons. The van der Waals surface area contributed by atoms with Crippen LogP contribution in [-0.4, -0.2) is 40.9 Å². The minimum atomic E-state index is -2.68. The number of hydrogen-bond donors (Lipinski definition) is 1. The third kappa shape index (κ3) is 4.06. The van der Waals surface area contributed by atoms with E-state index in [1.807, 2.05) is 24.3 Å². The molecule has 148 valence electrons. The molecule has 0 unspecified atom stereocenters. The second-order valence-corrected chi connectivity index (χ2v) is 7.73. The summed E-state index contributed by atoms with van der Waals surface area (Å²) in [5.74, 6) is -3.80. The van der Waals surface area contributed by atoms with Crippen LogP contribution in [-0.2, 0) is 10.2 Å². The second-order valence-electron chi connectivity index (χ2n) is 7.73. The summed E-state index contributed by atoms with van der Waals surface area (Å²) in [6.45, 7) is 3.44. The Morgan fingerprint density at radius 2 is 1.39 bits per heavy atom. The molecule has 1 amide bonds. The molecule has 6 heteroatoms. The van der Waals surface area contributed by atoms with Gasteiger partial charge in [-0.2, -0.15) is 0 Å². The minimum Gasteiger partial charge on any atom is -0.481 e. The molecular formula is C22H23F2NO3. The van der Waals surface area contributed by atoms with E-state index in [9.17, 15) is 23.5 Å². The molecule has 4 nitrogen and oxygen atoms in total. The fourth-order valence-electron chi connectivity index (χ4n) is 3.23. The minimum absolute atomic E-state index is 0.0639. The number of halogens is 2. The lowest BCUT2D eigenvalue weighted by atomic mass is 9.84. The van der Waals surface area contributed by atoms with Gasteiger partial charge in [-0.25, -0.2) is 8.78 Å². The van der Waals surface area contributed by atoms with Gasteiger partial charge in [0.05, 0.1) is 5.41 Å². The maximum atomic E-state index is 13.3. The highest BCUT2D eigenvalue weighted by Gasteiger charge is 2.35. The summed E-state index contributed by atoms with van der Waals surface area (Å²) in [5.41, 5.74) is 2.00. The lowest BCUT2D eigenvalue weighted by Crippen LogP contribution is -2.42. The second kappa shape index (κ2) is 7.34. The third-order valence-corrected chi connectivity index (χ3v) is 5.39. The van der Waals surface area contributed by atoms with Gasteiger partial charge in [0.15, 0.2) is 0 Å². The van der Waals surface area contributed by atoms with E-state index in [4.69, 9.17) is 0 Å². The van der Waals surface area contributed by atoms with Crippen LogP contribution >= 0.6 is 0 Å². The van der Waals surface area contributed by atoms with Crippen molar-refractivity contribution in [2.75, 3.05) is 13.1 Å². The number of rotatable bonds is 4. The molecule has 0 atom stereocenters. The van der Waals surface area contributed by atoms with E-state index in [2.05, 4.69) is 0 Å². The van der Waals surface area contributed by atoms with Crippen molar-refractivity contribution in [3.63, 3.8) is 0 Å². The van der Waals surface area contributed by atoms with Crippen molar-refractivity contribution in [2.24, 2.45) is 0 Å². The van der Waals surface area contributed by atoms with E-state index in [0.717, 1.165) is 11.1 Å². The molecule has 1 aliphatic rings. The average molecular weight is 387 g/mol. The molecule has 1 heterocycles. The first kappa shape index (κ1) is 20.0. The van der Waals surface area contributed by atoms with Gasteiger partial charge in [-0.1, -0.05) is 36.4 Å². The van der Waals surface area contributed by atoms with Crippen LogP contribution in [0.15, 0.2) is 48.5 Å². The molecule has 0 saturated carbocycles. The Balaban J connectivity index is 1.72. The molecule has 1 saturated heterocycles. The van der Waals surface area contributed by atoms with Gasteiger partial charge < -0.3 is 10.0 Å². The van der Waals surface area contributed by atoms with Crippen molar-refractivity contribution in [2.45, 2.75) is 38.0 Å². The number of carboxylic acids is 1. The number of likely N-dealkylation sites (tertiary alicyclic amines) is 1. The van der Waals surface area contributed by atoms with Crippen LogP contribution in [0.3, 0.4) is 0 Å². The first-order valence-corrected chi connectivity index (χ1v) is 9.22. The first-order valence-electron chi connectivity index (χ1n) is 9.22. The number of carbonyl (C=O) groups is 2. The quantitative estimate of drug-likeness (QED) is 0.835. The van der Waals surface area contributed by atoms with Crippen LogP contribution in [0.4, 0.5) is 8.78 Å². The van der Waals surface area contributed by atoms with Crippen molar-refractivity contribution in [3.8, 4) is 11.1 Å². The Hall–Kier alpha value is -2.76. The number of nitrogens with zero attached hydrogens (tertiary/aromatic N) is 1. The molecule has 0 aliphatic carbocycles. The van der Waals surface area contributed by atoms with Crippen LogP contribution in [0.1, 0.15) is 42.6 Å². The highest BCUT2D eigenvalue weighted by Crippen LogP contribution is 2.29. The summed E-state index contributed by atoms with van der Waals surface area (Å²) in [6.07, 6.45) is -0.592. The summed E-state index contributed by atoms with van der Waals surface area (Å²) in [6, 6.07) is 14.3. The number of aliphatic carboxylic acids is 1. The van der Waals surface area contributed by atoms with Gasteiger partial charge in [0, 0.05) is 31.5 Å². The average Bonchev–Trinajstić information content (AvgIpc) is 2.67. The topological polar surface area (TPSA) is 57.6 Å². The number of piperidine rings is 1. The standard InChI is InChI=1S/C22H23F2NO3/c1-21(2,20(27)28)18-9-7-16(8-10-18)15-3-5-17(6-4-15)19(26)25-13-11-22(23,24)12-14-25/h3-10H,11-14H2,1-2H3,(H,27,28). The van der Waals surface area contributed by atoms with E-state index < -0.39 is 17.3 Å². The number of carboxylic acid groups (broad SMARTS) is 1. The van der Waals surface area contributed by atoms with Crippen molar-refractivity contribution < 1.29 is 23.5 Å². The molecule has 0 bridgehead atoms. The SMILES string of the molecule is CC(C)(C(=O)O)c1ccc(-c2ccc(C(=O)N3CCC(F)(F)CC3)cc2)cc1. The molecule has 0 aromatic heterocycles. The van der Waals surface area contributed by atoms with Crippen molar-refractivity contribution in [1.82, 2.24) is 4.90 Å². The molecule has 1 aliphatic heterocycles. The fourth-order valence-corrected chi connectivity index (χ4v) is 3.23. The summed E-state index contributed by atoms with van der Waals surface area (Å²) in [4.78, 5) is 25.3. The maximum absolute atomic E-state index is 13.3. The van der Waals surface area contributed by atoms with Gasteiger partial charge in [-0.3, -0.25) is 9.59 Å². The van der Waals surface area contributed by atoms with Crippen LogP contribution in [0.5, 0.6) is 0 Å². The number of amides is 1. The summed E-state index contributed by atoms with van der Waals surface area (Å²) >= 11 is 0. The zero-order valence-electron chi connectivity index (χ0n) is 15.9. The summed E-state index contributed by atoms with van der Waals surface area (Å²) < 4.78 is 26.5. The zero-order chi connectivity index (χ0) is 20.5. The van der Waals surface area contributed by atoms with Gasteiger partial charge in [-0.15, -0.1) is 0 Å². The smallest absolute Gasteiger partial charge is 0.313 e. The van der Waals surface area contributed by atoms with Crippen molar-refractivity contribution in [3.05, 3.63) is 59.7 Å². The lowest BCUT2D eigenvalue weighted by molar-refractivity contribution is -0.142. The Morgan fingerprint density at radius 3 is 1.86 bits per heavy atom. The highest BCUT2D eigenvalue weighted by molar-refractivity contribution is 5.94. The normalized spacial score (nSPS) is 16.6. The van der Waals surface area contributed by atoms with Crippen LogP contribution in [0, 0.1) is 0 Å². The predicted octanol–water partition coefficient (Wildman–Crippen LogP) is 4.59. The lowest BCUT2D eigenvalue weighted by Gasteiger charge is -2.31. The van der Waals surface area contributed by atoms with Crippen LogP contribution < -0.4 is 0 Å². The van der Waals surface area contributed by atoms with Gasteiger partial charge >= 0.3 is 5.97 Å². The number of hydrogen-bond acceptors (Lipinski definition) is 2. The molecule has 2 aromatic rings. The molecule has 0 spiro atoms. The van der Waals surface area contributed by atoms with E-state index in [1.165, 1.54) is 4.90 Å². The van der Waals surface area contributed by atoms with Gasteiger partial charge in [0.25, 0.3) is 11.8 Å². The van der Waals surface area contributed by atoms with E-state index in [1.54, 1.807) is 38.1 Å². The molecule has 28 heavy (non-hydrogen) atoms. The Morgan fingerprint density at radius 1 is 0.929 bits per heavy atom. The van der Waals surface area contributed by atoms with E-state index in [-0.39, 0.29) is 31.8 Å². The molecule has 3 rings (SSSR count). The van der Waals surface area contributed by atoms with Crippen molar-refractivity contribution >= 4 is 11.9 Å². The number of alkyl halides is 2. The largest absolute Gasteiger partial charge is 0.481 e. The van der Waals surface area contributed by atoms with Crippen LogP contribution in [0.2, 0.25) is 0 Å². The van der Waals surface area contributed by atoms with Crippen LogP contribution in [0.25, 0.3) is 11.1 Å². The zero-order valence-corrected chi connectivity index (χ0v) is 15.9. The van der Waals surface area contributed by atoms with Crippen molar-refractivity contribution in [1.29, 1.82) is 0 Å². The number of benzene rings is 2. The summed E-state index contributed by atoms with van der Waals surface area (Å²) in [5, 5.41) is 9.32. The summed E-state index contributed by atoms with van der Waals surface area (Å²) in [7, 11) is 0. The highest BCUT2D eigenvalue weighted by atomic mass is 19.3. The molecule has 1 N–H and O–H groups in total. The van der Waals surface area contributed by atoms with Gasteiger partial charge in [0.1, 0.15) is 0 Å². The third-order valence-electron chi connectivity index (χ3n) is 5.39. The molecule has 2 aromatic carbocycles.